The highest BCUT2D eigenvalue weighted by Crippen LogP contribution is 2.21. The Kier molecular flexibility index (Phi) is 15.4. The molecule has 1 saturated heterocycles. The summed E-state index contributed by atoms with van der Waals surface area (Å²) in [4.78, 5) is 75.3. The van der Waals surface area contributed by atoms with Crippen molar-refractivity contribution in [3.8, 4) is 11.8 Å². The minimum Gasteiger partial charge on any atom is -0.479 e. The molecule has 4 atom stereocenters. The van der Waals surface area contributed by atoms with E-state index >= 15 is 0 Å². The fraction of sp³-hybridized carbons (Fsp3) is 0.543. The Morgan fingerprint density at radius 3 is 2.45 bits per heavy atom. The molecule has 2 aliphatic heterocycles. The van der Waals surface area contributed by atoms with Gasteiger partial charge < -0.3 is 35.8 Å². The molecular weight excluding hydrogens is 634 g/mol. The Morgan fingerprint density at radius 2 is 1.76 bits per heavy atom. The van der Waals surface area contributed by atoms with Crippen molar-refractivity contribution in [2.75, 3.05) is 39.0 Å². The minimum absolute atomic E-state index is 0.000355. The van der Waals surface area contributed by atoms with Crippen LogP contribution >= 0.6 is 0 Å². The predicted octanol–water partition coefficient (Wildman–Crippen LogP) is 0.960. The number of rotatable bonds is 17. The van der Waals surface area contributed by atoms with E-state index in [1.54, 1.807) is 12.1 Å². The SMILES string of the molecule is CC(NC(=O)CNC(=O)CCCCCN1C(=O)C=CC1=O)C(=O)Nc1ccc(CCCCN(C)C)c(C#CC2CC(O)CC(C(=O)O)O2)c1. The van der Waals surface area contributed by atoms with Crippen molar-refractivity contribution in [2.24, 2.45) is 0 Å². The van der Waals surface area contributed by atoms with Crippen molar-refractivity contribution in [3.63, 3.8) is 0 Å². The topological polar surface area (TPSA) is 195 Å². The van der Waals surface area contributed by atoms with Gasteiger partial charge >= 0.3 is 5.97 Å². The molecule has 0 bridgehead atoms. The van der Waals surface area contributed by atoms with Gasteiger partial charge in [-0.25, -0.2) is 4.79 Å². The van der Waals surface area contributed by atoms with Crippen molar-refractivity contribution in [2.45, 2.75) is 89.1 Å². The van der Waals surface area contributed by atoms with Gasteiger partial charge in [-0.15, -0.1) is 0 Å². The molecule has 0 aliphatic carbocycles. The summed E-state index contributed by atoms with van der Waals surface area (Å²) in [5, 5.41) is 27.3. The number of nitrogens with zero attached hydrogens (tertiary/aromatic N) is 2. The van der Waals surface area contributed by atoms with Gasteiger partial charge in [-0.2, -0.15) is 0 Å². The van der Waals surface area contributed by atoms with Gasteiger partial charge in [-0.1, -0.05) is 24.3 Å². The van der Waals surface area contributed by atoms with Crippen LogP contribution in [0.25, 0.3) is 0 Å². The molecule has 0 aromatic heterocycles. The number of unbranched alkanes of at least 4 members (excludes halogenated alkanes) is 3. The van der Waals surface area contributed by atoms with E-state index in [0.29, 0.717) is 37.1 Å². The second-order valence-electron chi connectivity index (χ2n) is 12.5. The number of carboxylic acids is 1. The molecule has 14 heteroatoms. The highest BCUT2D eigenvalue weighted by atomic mass is 16.5. The maximum Gasteiger partial charge on any atom is 0.332 e. The third-order valence-corrected chi connectivity index (χ3v) is 8.03. The zero-order chi connectivity index (χ0) is 35.9. The van der Waals surface area contributed by atoms with Crippen LogP contribution in [-0.4, -0.2) is 114 Å². The number of imide groups is 1. The summed E-state index contributed by atoms with van der Waals surface area (Å²) in [6.07, 6.45) is 4.39. The second-order valence-corrected chi connectivity index (χ2v) is 12.5. The summed E-state index contributed by atoms with van der Waals surface area (Å²) in [5.74, 6) is 2.85. The second kappa shape index (κ2) is 19.4. The van der Waals surface area contributed by atoms with Gasteiger partial charge in [0, 0.05) is 49.2 Å². The first-order valence-corrected chi connectivity index (χ1v) is 16.6. The number of carbonyl (C=O) groups excluding carboxylic acids is 5. The summed E-state index contributed by atoms with van der Waals surface area (Å²) in [7, 11) is 4.01. The number of hydrogen-bond acceptors (Lipinski definition) is 9. The van der Waals surface area contributed by atoms with Gasteiger partial charge in [-0.3, -0.25) is 28.9 Å². The maximum absolute atomic E-state index is 12.9. The van der Waals surface area contributed by atoms with Crippen LogP contribution in [-0.2, 0) is 39.9 Å². The Balaban J connectivity index is 1.50. The Hall–Kier alpha value is -4.58. The first-order valence-electron chi connectivity index (χ1n) is 16.6. The van der Waals surface area contributed by atoms with Crippen molar-refractivity contribution < 1.29 is 43.7 Å². The fourth-order valence-corrected chi connectivity index (χ4v) is 5.30. The van der Waals surface area contributed by atoms with E-state index in [1.165, 1.54) is 19.1 Å². The van der Waals surface area contributed by atoms with Crippen molar-refractivity contribution in [1.82, 2.24) is 20.4 Å². The molecule has 0 saturated carbocycles. The van der Waals surface area contributed by atoms with Crippen molar-refractivity contribution in [3.05, 3.63) is 41.5 Å². The number of aliphatic hydroxyl groups is 1. The van der Waals surface area contributed by atoms with Crippen LogP contribution in [0.15, 0.2) is 30.4 Å². The molecule has 49 heavy (non-hydrogen) atoms. The number of aliphatic carboxylic acids is 1. The van der Waals surface area contributed by atoms with Crippen LogP contribution in [0.4, 0.5) is 5.69 Å². The van der Waals surface area contributed by atoms with Crippen LogP contribution in [0, 0.1) is 11.8 Å². The first-order chi connectivity index (χ1) is 23.3. The zero-order valence-corrected chi connectivity index (χ0v) is 28.3. The number of carboxylic acid groups (broad SMARTS) is 1. The fourth-order valence-electron chi connectivity index (χ4n) is 5.30. The van der Waals surface area contributed by atoms with Gasteiger partial charge in [-0.05, 0) is 77.4 Å². The van der Waals surface area contributed by atoms with Crippen molar-refractivity contribution in [1.29, 1.82) is 0 Å². The van der Waals surface area contributed by atoms with E-state index in [4.69, 9.17) is 4.74 Å². The summed E-state index contributed by atoms with van der Waals surface area (Å²) < 4.78 is 5.56. The molecule has 0 spiro atoms. The van der Waals surface area contributed by atoms with Gasteiger partial charge in [0.1, 0.15) is 12.1 Å². The predicted molar refractivity (Wildman–Crippen MR) is 180 cm³/mol. The number of aryl methyl sites for hydroxylation is 1. The van der Waals surface area contributed by atoms with E-state index in [9.17, 15) is 39.0 Å². The summed E-state index contributed by atoms with van der Waals surface area (Å²) in [5.41, 5.74) is 2.03. The number of anilines is 1. The summed E-state index contributed by atoms with van der Waals surface area (Å²) in [6.45, 7) is 2.44. The minimum atomic E-state index is -1.15. The molecule has 3 rings (SSSR count). The number of aliphatic hydroxyl groups excluding tert-OH is 1. The van der Waals surface area contributed by atoms with E-state index in [2.05, 4.69) is 32.7 Å². The molecule has 2 heterocycles. The molecule has 0 radical (unpaired) electrons. The largest absolute Gasteiger partial charge is 0.479 e. The number of hydrogen-bond donors (Lipinski definition) is 5. The quantitative estimate of drug-likeness (QED) is 0.0898. The Bertz CT molecular complexity index is 1450. The van der Waals surface area contributed by atoms with E-state index in [1.807, 2.05) is 20.2 Å². The number of amides is 5. The van der Waals surface area contributed by atoms with Gasteiger partial charge in [0.25, 0.3) is 11.8 Å². The van der Waals surface area contributed by atoms with E-state index < -0.39 is 42.1 Å². The lowest BCUT2D eigenvalue weighted by Gasteiger charge is -2.27. The molecular formula is C35H47N5O9. The van der Waals surface area contributed by atoms with Crippen LogP contribution in [0.1, 0.15) is 69.4 Å². The molecule has 2 aliphatic rings. The zero-order valence-electron chi connectivity index (χ0n) is 28.3. The van der Waals surface area contributed by atoms with Crippen LogP contribution in [0.3, 0.4) is 0 Å². The average Bonchev–Trinajstić information content (AvgIpc) is 3.37. The third kappa shape index (κ3) is 13.5. The normalized spacial score (nSPS) is 19.3. The highest BCUT2D eigenvalue weighted by Gasteiger charge is 2.32. The summed E-state index contributed by atoms with van der Waals surface area (Å²) in [6, 6.07) is 4.42. The molecule has 5 N–H and O–H groups in total. The third-order valence-electron chi connectivity index (χ3n) is 8.03. The lowest BCUT2D eigenvalue weighted by molar-refractivity contribution is -0.161. The average molecular weight is 682 g/mol. The van der Waals surface area contributed by atoms with Gasteiger partial charge in [0.2, 0.25) is 17.7 Å². The number of ether oxygens (including phenoxy) is 1. The Morgan fingerprint density at radius 1 is 1.02 bits per heavy atom. The molecule has 1 aromatic rings. The number of nitrogens with one attached hydrogen (secondary N) is 3. The first kappa shape index (κ1) is 38.9. The molecule has 1 fully saturated rings. The van der Waals surface area contributed by atoms with Crippen LogP contribution in [0.2, 0.25) is 0 Å². The molecule has 1 aromatic carbocycles. The van der Waals surface area contributed by atoms with Crippen molar-refractivity contribution >= 4 is 41.2 Å². The Labute approximate surface area is 286 Å². The monoisotopic (exact) mass is 681 g/mol. The maximum atomic E-state index is 12.9. The van der Waals surface area contributed by atoms with E-state index in [0.717, 1.165) is 36.3 Å². The van der Waals surface area contributed by atoms with Gasteiger partial charge in [0.15, 0.2) is 6.10 Å². The highest BCUT2D eigenvalue weighted by molar-refractivity contribution is 6.12. The lowest BCUT2D eigenvalue weighted by Crippen LogP contribution is -2.45. The lowest BCUT2D eigenvalue weighted by atomic mass is 9.99. The molecule has 5 amide bonds. The molecule has 266 valence electrons. The molecule has 4 unspecified atom stereocenters. The van der Waals surface area contributed by atoms with E-state index in [-0.39, 0.29) is 43.5 Å². The standard InChI is InChI=1S/C35H47N5O9/c1-23(37-31(43)22-36-30(42)10-5-4-7-18-40-32(44)15-16-33(40)45)34(46)38-26-13-11-24(9-6-8-17-39(2)3)25(19-26)12-14-28-20-27(41)21-29(49-28)35(47)48/h11,13,15-16,19,23,27-29,41H,4-10,17-18,20-22H2,1-3H3,(H,36,42)(H,37,43)(H,38,46)(H,47,48). The number of carbonyl (C=O) groups is 6. The summed E-state index contributed by atoms with van der Waals surface area (Å²) >= 11 is 0. The van der Waals surface area contributed by atoms with Crippen LogP contribution < -0.4 is 16.0 Å². The number of benzene rings is 1. The molecule has 14 nitrogen and oxygen atoms in total. The van der Waals surface area contributed by atoms with Gasteiger partial charge in [0.05, 0.1) is 12.6 Å². The van der Waals surface area contributed by atoms with Crippen LogP contribution in [0.5, 0.6) is 0 Å². The smallest absolute Gasteiger partial charge is 0.332 e.